The molecule has 4 nitrogen and oxygen atoms in total. The van der Waals surface area contributed by atoms with Gasteiger partial charge in [0.15, 0.2) is 0 Å². The third-order valence-electron chi connectivity index (χ3n) is 16.7. The maximum atomic E-state index is 2.46. The summed E-state index contributed by atoms with van der Waals surface area (Å²) in [6, 6.07) is 43.7. The average molecular weight is 1390 g/mol. The van der Waals surface area contributed by atoms with Gasteiger partial charge in [-0.25, -0.2) is 0 Å². The van der Waals surface area contributed by atoms with Crippen molar-refractivity contribution in [1.29, 1.82) is 0 Å². The molecule has 454 valence electrons. The molecule has 0 aliphatic carbocycles. The molecule has 4 aromatic heterocycles. The van der Waals surface area contributed by atoms with Crippen molar-refractivity contribution in [3.8, 4) is 45.0 Å². The van der Waals surface area contributed by atoms with E-state index < -0.39 is 53.1 Å². The van der Waals surface area contributed by atoms with Crippen molar-refractivity contribution >= 4 is 70.6 Å². The van der Waals surface area contributed by atoms with E-state index >= 15 is 0 Å². The molecule has 4 heterocycles. The number of nitrogens with zero attached hydrogens (tertiary/aromatic N) is 4. The van der Waals surface area contributed by atoms with Gasteiger partial charge in [0.25, 0.3) is 0 Å². The third kappa shape index (κ3) is 19.6. The molecule has 8 heteroatoms. The van der Waals surface area contributed by atoms with Gasteiger partial charge in [-0.05, 0) is 0 Å². The topological polar surface area (TPSA) is 15.5 Å². The third-order valence-corrected chi connectivity index (χ3v) is 34.0. The average Bonchev–Trinajstić information content (AvgIpc) is 3.12. The Bertz CT molecular complexity index is 3550. The number of benzene rings is 4. The van der Waals surface area contributed by atoms with E-state index in [1.807, 2.05) is 0 Å². The second-order valence-corrected chi connectivity index (χ2v) is 73.2. The van der Waals surface area contributed by atoms with Crippen LogP contribution in [0.2, 0.25) is 69.1 Å². The zero-order valence-electron chi connectivity index (χ0n) is 58.9. The molecule has 0 saturated heterocycles. The first-order valence-electron chi connectivity index (χ1n) is 31.5. The van der Waals surface area contributed by atoms with Gasteiger partial charge in [-0.2, -0.15) is 0 Å². The van der Waals surface area contributed by atoms with Crippen molar-refractivity contribution in [3.63, 3.8) is 0 Å². The Balaban J connectivity index is 0.000000207. The van der Waals surface area contributed by atoms with E-state index in [2.05, 4.69) is 346 Å². The Morgan fingerprint density at radius 2 is 0.776 bits per heavy atom. The van der Waals surface area contributed by atoms with Gasteiger partial charge in [-0.1, -0.05) is 0 Å². The predicted octanol–water partition coefficient (Wildman–Crippen LogP) is 16.4. The van der Waals surface area contributed by atoms with Gasteiger partial charge in [-0.3, -0.25) is 0 Å². The first-order chi connectivity index (χ1) is 39.1. The molecule has 0 spiro atoms. The molecule has 0 aliphatic heterocycles. The monoisotopic (exact) mass is 1390 g/mol. The van der Waals surface area contributed by atoms with Crippen molar-refractivity contribution in [2.75, 3.05) is 0 Å². The maximum absolute atomic E-state index is 2.46. The van der Waals surface area contributed by atoms with Crippen molar-refractivity contribution < 1.29 is 18.3 Å². The van der Waals surface area contributed by atoms with Crippen LogP contribution in [0.1, 0.15) is 104 Å². The Morgan fingerprint density at radius 3 is 1.14 bits per heavy atom. The molecule has 0 atom stereocenters. The normalized spacial score (nSPS) is 12.1. The van der Waals surface area contributed by atoms with Crippen LogP contribution in [0.3, 0.4) is 0 Å². The Hall–Kier alpha value is -4.35. The number of hydrogen-bond donors (Lipinski definition) is 0. The summed E-state index contributed by atoms with van der Waals surface area (Å²) in [5, 5.41) is 0. The van der Waals surface area contributed by atoms with Gasteiger partial charge in [0, 0.05) is 0 Å². The summed E-state index contributed by atoms with van der Waals surface area (Å²) in [6.07, 6.45) is 10.5. The van der Waals surface area contributed by atoms with Crippen LogP contribution in [0, 0.1) is 47.5 Å². The van der Waals surface area contributed by atoms with Crippen LogP contribution in [-0.2, 0) is 40.0 Å². The summed E-state index contributed by atoms with van der Waals surface area (Å²) >= 11 is -7.05. The molecule has 0 aliphatic rings. The van der Waals surface area contributed by atoms with E-state index in [0.717, 1.165) is 6.42 Å². The molecular formula is C77H114Ge4N4+4. The van der Waals surface area contributed by atoms with E-state index in [1.54, 1.807) is 17.6 Å². The summed E-state index contributed by atoms with van der Waals surface area (Å²) in [4.78, 5) is 0. The zero-order chi connectivity index (χ0) is 64.1. The number of rotatable bonds is 11. The summed E-state index contributed by atoms with van der Waals surface area (Å²) in [5.41, 5.74) is 23.3. The minimum atomic E-state index is -1.79. The van der Waals surface area contributed by atoms with Crippen molar-refractivity contribution in [2.24, 2.45) is 34.1 Å². The van der Waals surface area contributed by atoms with Crippen LogP contribution in [0.5, 0.6) is 0 Å². The fraction of sp³-hybridized carbons (Fsp3) is 0.429. The first kappa shape index (κ1) is 71.4. The molecule has 0 saturated carbocycles. The number of pyridine rings is 4. The minimum absolute atomic E-state index is 0.204. The molecule has 8 aromatic rings. The Morgan fingerprint density at radius 1 is 0.365 bits per heavy atom. The van der Waals surface area contributed by atoms with E-state index in [0.29, 0.717) is 11.8 Å². The second-order valence-electron chi connectivity index (χ2n) is 30.7. The van der Waals surface area contributed by atoms with E-state index in [9.17, 15) is 0 Å². The van der Waals surface area contributed by atoms with Gasteiger partial charge < -0.3 is 0 Å². The van der Waals surface area contributed by atoms with Gasteiger partial charge in [0.1, 0.15) is 0 Å². The molecule has 0 unspecified atom stereocenters. The first-order valence-corrected chi connectivity index (χ1v) is 60.9. The summed E-state index contributed by atoms with van der Waals surface area (Å²) in [7, 11) is 8.69. The number of aryl methyl sites for hydroxylation is 10. The molecule has 0 bridgehead atoms. The standard InChI is InChI=1S/2C20H30GeN.C19H28GeN.C18H26GeN/c1-15-13-16(20(2,3)4)9-11-18(15)19-12-10-17(14-22(19)8)21(5,6)7;1-15(2)12-17-8-10-19(16(3)13-17)20-11-9-18(14-22(20)7)21(4,5)6;1-14(2)16-8-10-18(15(3)12-16)19-11-9-17(13-21(19)7)20(4,5)6;1-13-8-9-14(2)16(10-13)18-11-15(3)17(12-20(18)7)19(4,5)6/h9-14H,1-8H3;8-11,13-15H,12H2,1-7H3;8-14H,1-7H3;8-12H,1-7H3/q4*+1. The van der Waals surface area contributed by atoms with Crippen molar-refractivity contribution in [1.82, 2.24) is 0 Å². The van der Waals surface area contributed by atoms with Gasteiger partial charge in [-0.15, -0.1) is 0 Å². The van der Waals surface area contributed by atoms with E-state index in [1.165, 1.54) is 95.1 Å². The van der Waals surface area contributed by atoms with E-state index in [4.69, 9.17) is 0 Å². The van der Waals surface area contributed by atoms with Crippen molar-refractivity contribution in [2.45, 2.75) is 177 Å². The molecular weight excluding hydrogens is 1270 g/mol. The summed E-state index contributed by atoms with van der Waals surface area (Å²) < 4.78 is 15.5. The van der Waals surface area contributed by atoms with E-state index in [-0.39, 0.29) is 5.41 Å². The number of hydrogen-bond acceptors (Lipinski definition) is 0. The van der Waals surface area contributed by atoms with Crippen molar-refractivity contribution in [3.05, 3.63) is 190 Å². The van der Waals surface area contributed by atoms with Crippen LogP contribution >= 0.6 is 0 Å². The molecule has 4 aromatic carbocycles. The van der Waals surface area contributed by atoms with Gasteiger partial charge in [0.05, 0.1) is 0 Å². The molecule has 0 fully saturated rings. The fourth-order valence-electron chi connectivity index (χ4n) is 11.2. The van der Waals surface area contributed by atoms with Crippen LogP contribution in [-0.4, -0.2) is 53.1 Å². The molecule has 0 radical (unpaired) electrons. The van der Waals surface area contributed by atoms with Gasteiger partial charge in [0.2, 0.25) is 0 Å². The van der Waals surface area contributed by atoms with Crippen LogP contribution in [0.15, 0.2) is 140 Å². The number of aromatic nitrogens is 4. The molecule has 85 heavy (non-hydrogen) atoms. The quantitative estimate of drug-likeness (QED) is 0.0906. The molecule has 8 rings (SSSR count). The summed E-state index contributed by atoms with van der Waals surface area (Å²) in [5.74, 6) is 30.7. The Kier molecular flexibility index (Phi) is 24.2. The fourth-order valence-corrected chi connectivity index (χ4v) is 22.4. The predicted molar refractivity (Wildman–Crippen MR) is 384 cm³/mol. The molecule has 0 N–H and O–H groups in total. The van der Waals surface area contributed by atoms with Gasteiger partial charge >= 0.3 is 535 Å². The Labute approximate surface area is 530 Å². The molecule has 0 amide bonds. The van der Waals surface area contributed by atoms with Crippen LogP contribution in [0.4, 0.5) is 0 Å². The SMILES string of the molecule is Cc1cc(C(C)(C)C)ccc1-c1cc[c]([Ge]([CH3])([CH3])[CH3])c[n+]1C.Cc1cc(C(C)C)ccc1-c1cc[c]([Ge]([CH3])([CH3])[CH3])c[n+]1C.Cc1cc(CC(C)C)ccc1-c1cc[c]([Ge]([CH3])([CH3])[CH3])c[n+]1C.Cc1ccc(C)c(-c2cc(C)[c]([Ge]([CH3])([CH3])[CH3])c[n+]2C)c1. The van der Waals surface area contributed by atoms with Crippen LogP contribution in [0.25, 0.3) is 45.0 Å². The zero-order valence-corrected chi connectivity index (χ0v) is 67.3. The summed E-state index contributed by atoms with van der Waals surface area (Å²) in [6.45, 7) is 29.2. The second kappa shape index (κ2) is 28.9. The van der Waals surface area contributed by atoms with Crippen LogP contribution < -0.4 is 35.9 Å².